The van der Waals surface area contributed by atoms with Gasteiger partial charge in [-0.3, -0.25) is 4.79 Å². The molecule has 0 unspecified atom stereocenters. The molecular weight excluding hydrogens is 382 g/mol. The molecule has 152 valence electrons. The minimum Gasteiger partial charge on any atom is -0.497 e. The second-order valence-corrected chi connectivity index (χ2v) is 6.39. The Morgan fingerprint density at radius 1 is 1.17 bits per heavy atom. The van der Waals surface area contributed by atoms with Crippen LogP contribution in [0.2, 0.25) is 0 Å². The van der Waals surface area contributed by atoms with Crippen molar-refractivity contribution in [2.75, 3.05) is 14.2 Å². The van der Waals surface area contributed by atoms with Crippen LogP contribution in [-0.4, -0.2) is 30.1 Å². The van der Waals surface area contributed by atoms with Gasteiger partial charge in [0, 0.05) is 13.1 Å². The zero-order chi connectivity index (χ0) is 21.0. The molecule has 3 aromatic rings. The lowest BCUT2D eigenvalue weighted by Crippen LogP contribution is -2.29. The molecular formula is C21H20F2N2O4. The van der Waals surface area contributed by atoms with Gasteiger partial charge < -0.3 is 18.9 Å². The maximum Gasteiger partial charge on any atom is 0.276 e. The van der Waals surface area contributed by atoms with Crippen LogP contribution in [0.25, 0.3) is 0 Å². The molecule has 0 N–H and O–H groups in total. The van der Waals surface area contributed by atoms with Crippen LogP contribution in [0.3, 0.4) is 0 Å². The Kier molecular flexibility index (Phi) is 6.11. The van der Waals surface area contributed by atoms with E-state index in [2.05, 4.69) is 5.16 Å². The van der Waals surface area contributed by atoms with Crippen molar-refractivity contribution in [1.82, 2.24) is 10.1 Å². The zero-order valence-corrected chi connectivity index (χ0v) is 16.2. The first-order chi connectivity index (χ1) is 13.9. The number of rotatable bonds is 7. The predicted octanol–water partition coefficient (Wildman–Crippen LogP) is 4.37. The van der Waals surface area contributed by atoms with Gasteiger partial charge in [0.25, 0.3) is 5.91 Å². The number of carbonyl (C=O) groups excluding carboxylic acids is 1. The average molecular weight is 402 g/mol. The topological polar surface area (TPSA) is 64.8 Å². The van der Waals surface area contributed by atoms with Gasteiger partial charge in [-0.05, 0) is 36.8 Å². The lowest BCUT2D eigenvalue weighted by Gasteiger charge is -2.24. The van der Waals surface area contributed by atoms with Gasteiger partial charge in [-0.2, -0.15) is 0 Å². The molecule has 0 saturated heterocycles. The molecule has 0 aliphatic carbocycles. The highest BCUT2D eigenvalue weighted by Gasteiger charge is 2.23. The molecule has 0 saturated carbocycles. The summed E-state index contributed by atoms with van der Waals surface area (Å²) in [5.41, 5.74) is 0.956. The number of nitrogens with zero attached hydrogens (tertiary/aromatic N) is 2. The number of carbonyl (C=O) groups is 1. The van der Waals surface area contributed by atoms with Crippen molar-refractivity contribution >= 4 is 5.91 Å². The summed E-state index contributed by atoms with van der Waals surface area (Å²) in [5.74, 6) is -1.68. The minimum atomic E-state index is -0.826. The lowest BCUT2D eigenvalue weighted by molar-refractivity contribution is 0.0731. The Bertz CT molecular complexity index is 986. The maximum atomic E-state index is 13.6. The average Bonchev–Trinajstić information content (AvgIpc) is 3.20. The summed E-state index contributed by atoms with van der Waals surface area (Å²) < 4.78 is 42.6. The van der Waals surface area contributed by atoms with E-state index in [4.69, 9.17) is 14.0 Å². The maximum absolute atomic E-state index is 13.6. The first kappa shape index (κ1) is 20.3. The molecule has 0 spiro atoms. The van der Waals surface area contributed by atoms with Gasteiger partial charge in [0.2, 0.25) is 0 Å². The zero-order valence-electron chi connectivity index (χ0n) is 16.2. The molecule has 0 bridgehead atoms. The SMILES string of the molecule is COc1cccc([C@@H](C)N(C)C(=O)c2cc(COc3c(F)cccc3F)on2)c1. The van der Waals surface area contributed by atoms with Gasteiger partial charge in [-0.1, -0.05) is 23.4 Å². The number of amides is 1. The fourth-order valence-electron chi connectivity index (χ4n) is 2.73. The highest BCUT2D eigenvalue weighted by atomic mass is 19.1. The van der Waals surface area contributed by atoms with Crippen LogP contribution in [0, 0.1) is 11.6 Å². The third-order valence-corrected chi connectivity index (χ3v) is 4.53. The van der Waals surface area contributed by atoms with Crippen LogP contribution in [0.15, 0.2) is 53.1 Å². The van der Waals surface area contributed by atoms with E-state index >= 15 is 0 Å². The molecule has 6 nitrogen and oxygen atoms in total. The summed E-state index contributed by atoms with van der Waals surface area (Å²) in [6, 6.07) is 11.9. The number of hydrogen-bond acceptors (Lipinski definition) is 5. The van der Waals surface area contributed by atoms with Crippen LogP contribution in [0.1, 0.15) is 34.8 Å². The molecule has 1 amide bonds. The van der Waals surface area contributed by atoms with Gasteiger partial charge in [0.15, 0.2) is 28.8 Å². The molecule has 0 aliphatic rings. The highest BCUT2D eigenvalue weighted by Crippen LogP contribution is 2.25. The van der Waals surface area contributed by atoms with Gasteiger partial charge in [-0.25, -0.2) is 8.78 Å². The predicted molar refractivity (Wildman–Crippen MR) is 101 cm³/mol. The standard InChI is InChI=1S/C21H20F2N2O4/c1-13(14-6-4-7-15(10-14)27-3)25(2)21(26)19-11-16(29-24-19)12-28-20-17(22)8-5-9-18(20)23/h4-11,13H,12H2,1-3H3/t13-/m1/s1. The summed E-state index contributed by atoms with van der Waals surface area (Å²) in [5, 5.41) is 3.75. The van der Waals surface area contributed by atoms with Crippen LogP contribution >= 0.6 is 0 Å². The van der Waals surface area contributed by atoms with E-state index in [1.54, 1.807) is 14.2 Å². The molecule has 2 aromatic carbocycles. The summed E-state index contributed by atoms with van der Waals surface area (Å²) in [6.07, 6.45) is 0. The number of methoxy groups -OCH3 is 1. The van der Waals surface area contributed by atoms with Crippen molar-refractivity contribution in [3.05, 3.63) is 77.2 Å². The molecule has 8 heteroatoms. The van der Waals surface area contributed by atoms with Gasteiger partial charge >= 0.3 is 0 Å². The quantitative estimate of drug-likeness (QED) is 0.587. The number of ether oxygens (including phenoxy) is 2. The van der Waals surface area contributed by atoms with E-state index in [0.717, 1.165) is 17.7 Å². The number of halogens is 2. The second-order valence-electron chi connectivity index (χ2n) is 6.39. The van der Waals surface area contributed by atoms with E-state index in [-0.39, 0.29) is 30.0 Å². The summed E-state index contributed by atoms with van der Waals surface area (Å²) >= 11 is 0. The third-order valence-electron chi connectivity index (χ3n) is 4.53. The van der Waals surface area contributed by atoms with E-state index < -0.39 is 17.4 Å². The van der Waals surface area contributed by atoms with E-state index in [1.807, 2.05) is 31.2 Å². The fraction of sp³-hybridized carbons (Fsp3) is 0.238. The first-order valence-corrected chi connectivity index (χ1v) is 8.84. The Morgan fingerprint density at radius 3 is 2.55 bits per heavy atom. The van der Waals surface area contributed by atoms with Crippen LogP contribution in [0.5, 0.6) is 11.5 Å². The number of aromatic nitrogens is 1. The molecule has 0 fully saturated rings. The van der Waals surface area contributed by atoms with Crippen molar-refractivity contribution in [3.63, 3.8) is 0 Å². The van der Waals surface area contributed by atoms with E-state index in [1.165, 1.54) is 17.0 Å². The molecule has 1 atom stereocenters. The highest BCUT2D eigenvalue weighted by molar-refractivity contribution is 5.92. The molecule has 1 aromatic heterocycles. The largest absolute Gasteiger partial charge is 0.497 e. The van der Waals surface area contributed by atoms with Crippen LogP contribution in [-0.2, 0) is 6.61 Å². The van der Waals surface area contributed by atoms with Crippen molar-refractivity contribution in [2.24, 2.45) is 0 Å². The third kappa shape index (κ3) is 4.53. The first-order valence-electron chi connectivity index (χ1n) is 8.84. The normalized spacial score (nSPS) is 11.8. The Hall–Kier alpha value is -3.42. The van der Waals surface area contributed by atoms with Crippen molar-refractivity contribution in [2.45, 2.75) is 19.6 Å². The lowest BCUT2D eigenvalue weighted by atomic mass is 10.1. The number of benzene rings is 2. The summed E-state index contributed by atoms with van der Waals surface area (Å²) in [7, 11) is 3.22. The van der Waals surface area contributed by atoms with Crippen LogP contribution < -0.4 is 9.47 Å². The van der Waals surface area contributed by atoms with Gasteiger partial charge in [-0.15, -0.1) is 0 Å². The molecule has 1 heterocycles. The van der Waals surface area contributed by atoms with Crippen LogP contribution in [0.4, 0.5) is 8.78 Å². The Balaban J connectivity index is 1.68. The molecule has 29 heavy (non-hydrogen) atoms. The monoisotopic (exact) mass is 402 g/mol. The van der Waals surface area contributed by atoms with Crippen molar-refractivity contribution < 1.29 is 27.6 Å². The summed E-state index contributed by atoms with van der Waals surface area (Å²) in [6.45, 7) is 1.60. The Morgan fingerprint density at radius 2 is 1.86 bits per heavy atom. The smallest absolute Gasteiger partial charge is 0.276 e. The molecule has 0 aliphatic heterocycles. The van der Waals surface area contributed by atoms with Gasteiger partial charge in [0.05, 0.1) is 13.2 Å². The van der Waals surface area contributed by atoms with Crippen molar-refractivity contribution in [3.8, 4) is 11.5 Å². The molecule has 3 rings (SSSR count). The van der Waals surface area contributed by atoms with E-state index in [9.17, 15) is 13.6 Å². The number of para-hydroxylation sites is 1. The minimum absolute atomic E-state index is 0.0647. The summed E-state index contributed by atoms with van der Waals surface area (Å²) in [4.78, 5) is 14.2. The number of hydrogen-bond donors (Lipinski definition) is 0. The van der Waals surface area contributed by atoms with E-state index in [0.29, 0.717) is 5.75 Å². The van der Waals surface area contributed by atoms with Gasteiger partial charge in [0.1, 0.15) is 12.4 Å². The fourth-order valence-corrected chi connectivity index (χ4v) is 2.73. The molecule has 0 radical (unpaired) electrons. The van der Waals surface area contributed by atoms with Crippen molar-refractivity contribution in [1.29, 1.82) is 0 Å². The Labute approximate surface area is 166 Å². The second kappa shape index (κ2) is 8.72.